The molecule has 1 fully saturated rings. The molecule has 3 N–H and O–H groups in total. The topological polar surface area (TPSA) is 96.6 Å². The van der Waals surface area contributed by atoms with Crippen LogP contribution in [0.25, 0.3) is 0 Å². The Morgan fingerprint density at radius 3 is 2.37 bits per heavy atom. The highest BCUT2D eigenvalue weighted by Crippen LogP contribution is 2.33. The minimum atomic E-state index is -4.72. The van der Waals surface area contributed by atoms with Gasteiger partial charge in [-0.25, -0.2) is 0 Å². The van der Waals surface area contributed by atoms with Crippen LogP contribution in [-0.2, 0) is 11.0 Å². The van der Waals surface area contributed by atoms with Crippen LogP contribution >= 0.6 is 0 Å². The van der Waals surface area contributed by atoms with E-state index < -0.39 is 28.8 Å². The lowest BCUT2D eigenvalue weighted by Gasteiger charge is -2.23. The standard InChI is InChI=1S/C26H38F3N3O3/c1-25(35,24(34)31-21-13-12-20(18-30)23(17-21)26(27,28)29)14-8-6-4-2-3-5-7-9-15-32-16-10-11-22(32)19-33/h12-13,17,22,33,35H,2-11,14-16,19H2,1H3,(H,31,34)/t22-,25?/m0/s1. The number of hydrogen-bond donors (Lipinski definition) is 3. The number of rotatable bonds is 14. The largest absolute Gasteiger partial charge is 0.417 e. The Hall–Kier alpha value is -2.15. The Labute approximate surface area is 206 Å². The Kier molecular flexibility index (Phi) is 11.5. The summed E-state index contributed by atoms with van der Waals surface area (Å²) in [5.41, 5.74) is -3.46. The number of hydrogen-bond acceptors (Lipinski definition) is 5. The quantitative estimate of drug-likeness (QED) is 0.306. The van der Waals surface area contributed by atoms with Gasteiger partial charge in [0.05, 0.1) is 23.8 Å². The third-order valence-corrected chi connectivity index (χ3v) is 6.76. The summed E-state index contributed by atoms with van der Waals surface area (Å²) in [6, 6.07) is 4.77. The maximum Gasteiger partial charge on any atom is 0.417 e. The minimum absolute atomic E-state index is 0.113. The number of alkyl halides is 3. The van der Waals surface area contributed by atoms with Crippen LogP contribution in [0.2, 0.25) is 0 Å². The molecule has 196 valence electrons. The van der Waals surface area contributed by atoms with Gasteiger partial charge in [-0.1, -0.05) is 44.9 Å². The van der Waals surface area contributed by atoms with Gasteiger partial charge in [0.1, 0.15) is 5.60 Å². The normalized spacial score (nSPS) is 18.3. The Morgan fingerprint density at radius 2 is 1.77 bits per heavy atom. The maximum atomic E-state index is 13.1. The Bertz CT molecular complexity index is 852. The van der Waals surface area contributed by atoms with Gasteiger partial charge < -0.3 is 15.5 Å². The van der Waals surface area contributed by atoms with Crippen LogP contribution in [-0.4, -0.2) is 52.4 Å². The second kappa shape index (κ2) is 13.8. The van der Waals surface area contributed by atoms with Crippen LogP contribution in [0.3, 0.4) is 0 Å². The number of likely N-dealkylation sites (tertiary alicyclic amines) is 1. The fourth-order valence-electron chi connectivity index (χ4n) is 4.57. The van der Waals surface area contributed by atoms with Crippen molar-refractivity contribution in [2.24, 2.45) is 0 Å². The zero-order valence-electron chi connectivity index (χ0n) is 20.5. The summed E-state index contributed by atoms with van der Waals surface area (Å²) in [6.07, 6.45) is 5.99. The predicted octanol–water partition coefficient (Wildman–Crippen LogP) is 5.23. The molecule has 1 aromatic rings. The highest BCUT2D eigenvalue weighted by molar-refractivity contribution is 5.96. The number of aliphatic hydroxyl groups is 2. The number of nitrogens with zero attached hydrogens (tertiary/aromatic N) is 2. The molecule has 6 nitrogen and oxygen atoms in total. The third-order valence-electron chi connectivity index (χ3n) is 6.76. The van der Waals surface area contributed by atoms with Crippen LogP contribution in [0.4, 0.5) is 18.9 Å². The first-order chi connectivity index (χ1) is 16.6. The SMILES string of the molecule is CC(O)(CCCCCCCCCCN1CCC[C@H]1CO)C(=O)Nc1ccc(C#N)c(C(F)(F)F)c1. The second-order valence-corrected chi connectivity index (χ2v) is 9.69. The summed E-state index contributed by atoms with van der Waals surface area (Å²) in [5.74, 6) is -0.767. The van der Waals surface area contributed by atoms with Gasteiger partial charge in [-0.2, -0.15) is 18.4 Å². The molecule has 0 radical (unpaired) electrons. The molecule has 0 aromatic heterocycles. The molecular formula is C26H38F3N3O3. The van der Waals surface area contributed by atoms with E-state index in [0.29, 0.717) is 18.5 Å². The lowest BCUT2D eigenvalue weighted by molar-refractivity contribution is -0.138. The van der Waals surface area contributed by atoms with Gasteiger partial charge in [-0.05, 0) is 63.9 Å². The van der Waals surface area contributed by atoms with E-state index >= 15 is 0 Å². The van der Waals surface area contributed by atoms with Crippen molar-refractivity contribution in [1.82, 2.24) is 4.90 Å². The molecular weight excluding hydrogens is 459 g/mol. The lowest BCUT2D eigenvalue weighted by Crippen LogP contribution is -2.40. The van der Waals surface area contributed by atoms with Crippen LogP contribution in [0, 0.1) is 11.3 Å². The smallest absolute Gasteiger partial charge is 0.395 e. The number of nitrogens with one attached hydrogen (secondary N) is 1. The van der Waals surface area contributed by atoms with Crippen molar-refractivity contribution in [3.05, 3.63) is 29.3 Å². The maximum absolute atomic E-state index is 13.1. The summed E-state index contributed by atoms with van der Waals surface area (Å²) in [7, 11) is 0. The fourth-order valence-corrected chi connectivity index (χ4v) is 4.57. The Morgan fingerprint density at radius 1 is 1.14 bits per heavy atom. The summed E-state index contributed by atoms with van der Waals surface area (Å²) >= 11 is 0. The first-order valence-electron chi connectivity index (χ1n) is 12.6. The van der Waals surface area contributed by atoms with Gasteiger partial charge in [-0.3, -0.25) is 9.69 Å². The first kappa shape index (κ1) is 29.1. The molecule has 1 saturated heterocycles. The zero-order chi connectivity index (χ0) is 25.9. The van der Waals surface area contributed by atoms with Gasteiger partial charge in [-0.15, -0.1) is 0 Å². The number of aliphatic hydroxyl groups excluding tert-OH is 1. The number of carbonyl (C=O) groups excluding carboxylic acids is 1. The number of benzene rings is 1. The summed E-state index contributed by atoms with van der Waals surface area (Å²) in [5, 5.41) is 31.1. The van der Waals surface area contributed by atoms with Gasteiger partial charge in [0.25, 0.3) is 5.91 Å². The van der Waals surface area contributed by atoms with E-state index in [4.69, 9.17) is 5.26 Å². The molecule has 35 heavy (non-hydrogen) atoms. The molecule has 1 unspecified atom stereocenters. The van der Waals surface area contributed by atoms with E-state index in [1.807, 2.05) is 0 Å². The number of carbonyl (C=O) groups is 1. The first-order valence-corrected chi connectivity index (χ1v) is 12.6. The highest BCUT2D eigenvalue weighted by atomic mass is 19.4. The molecule has 0 spiro atoms. The molecule has 1 aromatic carbocycles. The molecule has 1 heterocycles. The van der Waals surface area contributed by atoms with Crippen LogP contribution in [0.1, 0.15) is 88.7 Å². The second-order valence-electron chi connectivity index (χ2n) is 9.69. The van der Waals surface area contributed by atoms with E-state index in [1.54, 1.807) is 0 Å². The van der Waals surface area contributed by atoms with Gasteiger partial charge in [0.2, 0.25) is 0 Å². The van der Waals surface area contributed by atoms with Gasteiger partial charge in [0.15, 0.2) is 0 Å². The molecule has 1 amide bonds. The molecule has 0 aliphatic carbocycles. The number of nitriles is 1. The van der Waals surface area contributed by atoms with E-state index in [-0.39, 0.29) is 18.7 Å². The molecule has 2 atom stereocenters. The van der Waals surface area contributed by atoms with Crippen molar-refractivity contribution < 1.29 is 28.2 Å². The van der Waals surface area contributed by atoms with E-state index in [0.717, 1.165) is 57.7 Å². The monoisotopic (exact) mass is 497 g/mol. The Balaban J connectivity index is 1.61. The predicted molar refractivity (Wildman–Crippen MR) is 129 cm³/mol. The van der Waals surface area contributed by atoms with Crippen LogP contribution < -0.4 is 5.32 Å². The zero-order valence-corrected chi connectivity index (χ0v) is 20.5. The van der Waals surface area contributed by atoms with Crippen LogP contribution in [0.15, 0.2) is 18.2 Å². The number of unbranched alkanes of at least 4 members (excludes halogenated alkanes) is 7. The number of halogens is 3. The average Bonchev–Trinajstić information content (AvgIpc) is 3.27. The van der Waals surface area contributed by atoms with Crippen molar-refractivity contribution in [3.8, 4) is 6.07 Å². The van der Waals surface area contributed by atoms with Crippen molar-refractivity contribution in [3.63, 3.8) is 0 Å². The van der Waals surface area contributed by atoms with Crippen molar-refractivity contribution >= 4 is 11.6 Å². The summed E-state index contributed by atoms with van der Waals surface area (Å²) in [6.45, 7) is 3.76. The minimum Gasteiger partial charge on any atom is -0.395 e. The summed E-state index contributed by atoms with van der Waals surface area (Å²) in [4.78, 5) is 14.8. The lowest BCUT2D eigenvalue weighted by atomic mass is 9.96. The van der Waals surface area contributed by atoms with Crippen molar-refractivity contribution in [2.75, 3.05) is 25.0 Å². The highest BCUT2D eigenvalue weighted by Gasteiger charge is 2.35. The summed E-state index contributed by atoms with van der Waals surface area (Å²) < 4.78 is 39.3. The van der Waals surface area contributed by atoms with Gasteiger partial charge in [0, 0.05) is 11.7 Å². The molecule has 0 saturated carbocycles. The van der Waals surface area contributed by atoms with E-state index in [2.05, 4.69) is 10.2 Å². The van der Waals surface area contributed by atoms with Crippen LogP contribution in [0.5, 0.6) is 0 Å². The third kappa shape index (κ3) is 9.43. The molecule has 9 heteroatoms. The van der Waals surface area contributed by atoms with Crippen molar-refractivity contribution in [1.29, 1.82) is 5.26 Å². The molecule has 0 bridgehead atoms. The number of anilines is 1. The van der Waals surface area contributed by atoms with E-state index in [9.17, 15) is 28.2 Å². The average molecular weight is 498 g/mol. The van der Waals surface area contributed by atoms with Gasteiger partial charge >= 0.3 is 6.18 Å². The van der Waals surface area contributed by atoms with Crippen molar-refractivity contribution in [2.45, 2.75) is 95.4 Å². The molecule has 1 aliphatic rings. The van der Waals surface area contributed by atoms with E-state index in [1.165, 1.54) is 38.3 Å². The molecule has 1 aliphatic heterocycles. The number of amides is 1. The fraction of sp³-hybridized carbons (Fsp3) is 0.692. The molecule has 2 rings (SSSR count).